The average Bonchev–Trinajstić information content (AvgIpc) is 2.96. The Hall–Kier alpha value is -4.86. The van der Waals surface area contributed by atoms with Crippen LogP contribution >= 0.6 is 0 Å². The second-order valence-electron chi connectivity index (χ2n) is 8.60. The van der Waals surface area contributed by atoms with Gasteiger partial charge in [-0.05, 0) is 73.5 Å². The maximum absolute atomic E-state index is 12.2. The zero-order chi connectivity index (χ0) is 28.7. The Kier molecular flexibility index (Phi) is 11.5. The zero-order valence-corrected chi connectivity index (χ0v) is 22.4. The van der Waals surface area contributed by atoms with Crippen LogP contribution in [-0.2, 0) is 23.9 Å². The predicted molar refractivity (Wildman–Crippen MR) is 149 cm³/mol. The van der Waals surface area contributed by atoms with E-state index in [1.54, 1.807) is 55.6 Å². The number of carbonyl (C=O) groups excluding carboxylic acids is 4. The molecule has 2 N–H and O–H groups in total. The van der Waals surface area contributed by atoms with Crippen molar-refractivity contribution in [3.05, 3.63) is 78.4 Å². The first-order valence-electron chi connectivity index (χ1n) is 12.8. The molecule has 0 heterocycles. The first kappa shape index (κ1) is 29.7. The fourth-order valence-corrected chi connectivity index (χ4v) is 3.44. The van der Waals surface area contributed by atoms with Crippen molar-refractivity contribution >= 4 is 35.1 Å². The molecule has 0 spiro atoms. The smallest absolute Gasteiger partial charge is 0.338 e. The lowest BCUT2D eigenvalue weighted by atomic mass is 10.2. The molecule has 2 amide bonds. The van der Waals surface area contributed by atoms with E-state index in [0.717, 1.165) is 6.42 Å². The number of amides is 2. The molecule has 0 fully saturated rings. The molecule has 0 aromatic heterocycles. The molecule has 210 valence electrons. The number of anilines is 2. The molecule has 0 saturated heterocycles. The third kappa shape index (κ3) is 9.79. The van der Waals surface area contributed by atoms with E-state index in [-0.39, 0.29) is 25.2 Å². The van der Waals surface area contributed by atoms with Crippen LogP contribution in [0.15, 0.2) is 72.8 Å². The van der Waals surface area contributed by atoms with Gasteiger partial charge in [0, 0.05) is 24.2 Å². The van der Waals surface area contributed by atoms with E-state index in [1.807, 2.05) is 19.1 Å². The monoisotopic (exact) mass is 548 g/mol. The number of esters is 2. The minimum atomic E-state index is -0.588. The molecule has 3 aromatic rings. The van der Waals surface area contributed by atoms with E-state index >= 15 is 0 Å². The van der Waals surface area contributed by atoms with Crippen molar-refractivity contribution in [2.75, 3.05) is 31.0 Å². The van der Waals surface area contributed by atoms with E-state index in [2.05, 4.69) is 10.6 Å². The number of benzene rings is 3. The van der Waals surface area contributed by atoms with Crippen molar-refractivity contribution in [3.63, 3.8) is 0 Å². The highest BCUT2D eigenvalue weighted by Gasteiger charge is 2.11. The molecular weight excluding hydrogens is 516 g/mol. The summed E-state index contributed by atoms with van der Waals surface area (Å²) in [5.41, 5.74) is 1.41. The molecule has 40 heavy (non-hydrogen) atoms. The Bertz CT molecular complexity index is 1290. The van der Waals surface area contributed by atoms with Crippen LogP contribution in [0.2, 0.25) is 0 Å². The van der Waals surface area contributed by atoms with Crippen molar-refractivity contribution in [1.29, 1.82) is 0 Å². The maximum Gasteiger partial charge on any atom is 0.338 e. The Morgan fingerprint density at radius 2 is 1.35 bits per heavy atom. The summed E-state index contributed by atoms with van der Waals surface area (Å²) in [4.78, 5) is 48.1. The summed E-state index contributed by atoms with van der Waals surface area (Å²) in [5.74, 6) is -0.0394. The Morgan fingerprint density at radius 3 is 2.00 bits per heavy atom. The Labute approximate surface area is 232 Å². The Balaban J connectivity index is 1.32. The zero-order valence-electron chi connectivity index (χ0n) is 22.4. The van der Waals surface area contributed by atoms with Gasteiger partial charge < -0.3 is 29.6 Å². The number of hydrogen-bond acceptors (Lipinski definition) is 8. The third-order valence-corrected chi connectivity index (χ3v) is 5.43. The number of nitrogens with one attached hydrogen (secondary N) is 2. The summed E-state index contributed by atoms with van der Waals surface area (Å²) in [7, 11) is 1.56. The topological polar surface area (TPSA) is 129 Å². The van der Waals surface area contributed by atoms with Crippen LogP contribution in [0.4, 0.5) is 11.4 Å². The molecule has 10 nitrogen and oxygen atoms in total. The van der Waals surface area contributed by atoms with Gasteiger partial charge in [0.15, 0.2) is 18.1 Å². The van der Waals surface area contributed by atoms with E-state index in [9.17, 15) is 19.2 Å². The van der Waals surface area contributed by atoms with Gasteiger partial charge in [0.05, 0.1) is 19.3 Å². The summed E-state index contributed by atoms with van der Waals surface area (Å²) in [6, 6.07) is 20.3. The lowest BCUT2D eigenvalue weighted by Crippen LogP contribution is -2.21. The summed E-state index contributed by atoms with van der Waals surface area (Å²) in [5, 5.41) is 5.35. The second kappa shape index (κ2) is 15.5. The number of ether oxygens (including phenoxy) is 4. The molecule has 0 aliphatic heterocycles. The van der Waals surface area contributed by atoms with E-state index in [0.29, 0.717) is 40.8 Å². The van der Waals surface area contributed by atoms with Gasteiger partial charge >= 0.3 is 11.9 Å². The highest BCUT2D eigenvalue weighted by atomic mass is 16.5. The number of hydrogen-bond donors (Lipinski definition) is 2. The Morgan fingerprint density at radius 1 is 0.725 bits per heavy atom. The lowest BCUT2D eigenvalue weighted by Gasteiger charge is -2.11. The fourth-order valence-electron chi connectivity index (χ4n) is 3.44. The van der Waals surface area contributed by atoms with Gasteiger partial charge in [0.1, 0.15) is 5.75 Å². The summed E-state index contributed by atoms with van der Waals surface area (Å²) >= 11 is 0. The highest BCUT2D eigenvalue weighted by Crippen LogP contribution is 2.31. The van der Waals surface area contributed by atoms with Gasteiger partial charge in [-0.1, -0.05) is 19.1 Å². The van der Waals surface area contributed by atoms with Crippen LogP contribution in [0.3, 0.4) is 0 Å². The molecule has 0 atom stereocenters. The summed E-state index contributed by atoms with van der Waals surface area (Å²) < 4.78 is 21.1. The molecule has 0 aliphatic rings. The van der Waals surface area contributed by atoms with Crippen molar-refractivity contribution in [2.24, 2.45) is 0 Å². The van der Waals surface area contributed by atoms with Gasteiger partial charge in [-0.25, -0.2) is 4.79 Å². The second-order valence-corrected chi connectivity index (χ2v) is 8.60. The fraction of sp³-hybridized carbons (Fsp3) is 0.267. The SMILES string of the molecule is CCCOC(=O)c1ccc(NC(=O)COC(=O)CCCC(=O)Nc2ccc(Oc3ccccc3OC)cc2)cc1. The predicted octanol–water partition coefficient (Wildman–Crippen LogP) is 5.35. The maximum atomic E-state index is 12.2. The largest absolute Gasteiger partial charge is 0.493 e. The highest BCUT2D eigenvalue weighted by molar-refractivity contribution is 5.94. The quantitative estimate of drug-likeness (QED) is 0.258. The number of rotatable bonds is 14. The van der Waals surface area contributed by atoms with Crippen LogP contribution in [0.1, 0.15) is 43.0 Å². The van der Waals surface area contributed by atoms with Crippen molar-refractivity contribution < 1.29 is 38.1 Å². The summed E-state index contributed by atoms with van der Waals surface area (Å²) in [6.07, 6.45) is 1.08. The minimum Gasteiger partial charge on any atom is -0.493 e. The standard InChI is InChI=1S/C30H32N2O8/c1-3-19-38-30(36)21-11-13-22(14-12-21)32-28(34)20-39-29(35)10-6-9-27(33)31-23-15-17-24(18-16-23)40-26-8-5-4-7-25(26)37-2/h4-5,7-8,11-18H,3,6,9-10,19-20H2,1-2H3,(H,31,33)(H,32,34). The van der Waals surface area contributed by atoms with Gasteiger partial charge in [-0.3, -0.25) is 14.4 Å². The lowest BCUT2D eigenvalue weighted by molar-refractivity contribution is -0.147. The van der Waals surface area contributed by atoms with Crippen molar-refractivity contribution in [2.45, 2.75) is 32.6 Å². The number of carbonyl (C=O) groups is 4. The first-order valence-corrected chi connectivity index (χ1v) is 12.8. The molecule has 0 radical (unpaired) electrons. The molecule has 10 heteroatoms. The van der Waals surface area contributed by atoms with Gasteiger partial charge in [0.2, 0.25) is 5.91 Å². The molecule has 3 rings (SSSR count). The third-order valence-electron chi connectivity index (χ3n) is 5.43. The van der Waals surface area contributed by atoms with Crippen LogP contribution in [0, 0.1) is 0 Å². The van der Waals surface area contributed by atoms with Crippen LogP contribution in [-0.4, -0.2) is 44.1 Å². The molecule has 3 aromatic carbocycles. The number of methoxy groups -OCH3 is 1. The van der Waals surface area contributed by atoms with Crippen LogP contribution in [0.5, 0.6) is 17.2 Å². The molecule has 0 aliphatic carbocycles. The summed E-state index contributed by atoms with van der Waals surface area (Å²) in [6.45, 7) is 1.77. The molecule has 0 bridgehead atoms. The molecule has 0 saturated carbocycles. The van der Waals surface area contributed by atoms with Crippen LogP contribution < -0.4 is 20.1 Å². The van der Waals surface area contributed by atoms with Gasteiger partial charge in [-0.15, -0.1) is 0 Å². The first-order chi connectivity index (χ1) is 19.4. The number of para-hydroxylation sites is 2. The van der Waals surface area contributed by atoms with Gasteiger partial charge in [0.25, 0.3) is 5.91 Å². The van der Waals surface area contributed by atoms with E-state index < -0.39 is 24.5 Å². The minimum absolute atomic E-state index is 0.0129. The van der Waals surface area contributed by atoms with Crippen molar-refractivity contribution in [3.8, 4) is 17.2 Å². The van der Waals surface area contributed by atoms with E-state index in [1.165, 1.54) is 12.1 Å². The van der Waals surface area contributed by atoms with Gasteiger partial charge in [-0.2, -0.15) is 0 Å². The average molecular weight is 549 g/mol. The van der Waals surface area contributed by atoms with Crippen LogP contribution in [0.25, 0.3) is 0 Å². The van der Waals surface area contributed by atoms with Crippen molar-refractivity contribution in [1.82, 2.24) is 0 Å². The molecular formula is C30H32N2O8. The van der Waals surface area contributed by atoms with E-state index in [4.69, 9.17) is 18.9 Å². The molecule has 0 unspecified atom stereocenters. The normalized spacial score (nSPS) is 10.2.